The van der Waals surface area contributed by atoms with Crippen LogP contribution in [0.5, 0.6) is 11.5 Å². The van der Waals surface area contributed by atoms with Gasteiger partial charge in [0.25, 0.3) is 0 Å². The molecule has 0 aliphatic carbocycles. The number of carboxylic acids is 1. The van der Waals surface area contributed by atoms with Crippen LogP contribution in [0.2, 0.25) is 5.02 Å². The Kier molecular flexibility index (Phi) is 10.7. The van der Waals surface area contributed by atoms with Crippen molar-refractivity contribution < 1.29 is 24.2 Å². The number of carboxylic acid groups (broad SMARTS) is 1. The van der Waals surface area contributed by atoms with Crippen LogP contribution >= 0.6 is 22.9 Å². The highest BCUT2D eigenvalue weighted by molar-refractivity contribution is 7.08. The van der Waals surface area contributed by atoms with Gasteiger partial charge in [0.15, 0.2) is 6.61 Å². The Hall–Kier alpha value is -4.34. The molecule has 240 valence electrons. The summed E-state index contributed by atoms with van der Waals surface area (Å²) in [5.74, 6) is 0.355. The molecule has 0 aliphatic heterocycles. The zero-order valence-electron chi connectivity index (χ0n) is 26.4. The van der Waals surface area contributed by atoms with Crippen molar-refractivity contribution in [3.8, 4) is 22.6 Å². The Labute approximate surface area is 278 Å². The van der Waals surface area contributed by atoms with Crippen LogP contribution in [-0.4, -0.2) is 39.1 Å². The van der Waals surface area contributed by atoms with Crippen molar-refractivity contribution in [3.05, 3.63) is 99.6 Å². The van der Waals surface area contributed by atoms with Crippen molar-refractivity contribution in [2.75, 3.05) is 11.5 Å². The molecule has 0 unspecified atom stereocenters. The molecule has 3 heterocycles. The van der Waals surface area contributed by atoms with Crippen molar-refractivity contribution in [2.45, 2.75) is 59.6 Å². The Morgan fingerprint density at radius 3 is 2.57 bits per heavy atom. The Morgan fingerprint density at radius 1 is 1.04 bits per heavy atom. The average molecular weight is 660 g/mol. The minimum atomic E-state index is -1.06. The molecule has 3 aromatic heterocycles. The van der Waals surface area contributed by atoms with E-state index in [0.717, 1.165) is 34.5 Å². The highest BCUT2D eigenvalue weighted by atomic mass is 35.5. The summed E-state index contributed by atoms with van der Waals surface area (Å²) in [7, 11) is 0. The van der Waals surface area contributed by atoms with Gasteiger partial charge in [-0.25, -0.2) is 9.78 Å². The maximum absolute atomic E-state index is 13.9. The third-order valence-corrected chi connectivity index (χ3v) is 8.45. The van der Waals surface area contributed by atoms with E-state index in [9.17, 15) is 14.7 Å². The molecular formula is C36H38ClN3O5S. The largest absolute Gasteiger partial charge is 0.491 e. The maximum atomic E-state index is 13.9. The number of hydrogen-bond acceptors (Lipinski definition) is 6. The van der Waals surface area contributed by atoms with Gasteiger partial charge in [-0.3, -0.25) is 4.79 Å². The van der Waals surface area contributed by atoms with Crippen LogP contribution in [0.15, 0.2) is 77.6 Å². The molecule has 10 heteroatoms. The summed E-state index contributed by atoms with van der Waals surface area (Å²) >= 11 is 8.42. The lowest BCUT2D eigenvalue weighted by molar-refractivity contribution is -0.139. The fraction of sp³-hybridized carbons (Fsp3) is 0.306. The van der Waals surface area contributed by atoms with Crippen molar-refractivity contribution in [1.82, 2.24) is 9.38 Å². The molecule has 8 nitrogen and oxygen atoms in total. The number of fused-ring (bicyclic) bond motifs is 1. The van der Waals surface area contributed by atoms with E-state index >= 15 is 0 Å². The lowest BCUT2D eigenvalue weighted by Gasteiger charge is -2.25. The fourth-order valence-corrected chi connectivity index (χ4v) is 6.19. The number of pyridine rings is 1. The Morgan fingerprint density at radius 2 is 1.87 bits per heavy atom. The molecule has 0 spiro atoms. The molecule has 0 saturated heterocycles. The summed E-state index contributed by atoms with van der Waals surface area (Å²) in [6, 6.07) is 19.0. The monoisotopic (exact) mass is 659 g/mol. The molecule has 5 aromatic rings. The van der Waals surface area contributed by atoms with Gasteiger partial charge in [-0.05, 0) is 90.5 Å². The van der Waals surface area contributed by atoms with E-state index in [1.807, 2.05) is 84.4 Å². The zero-order chi connectivity index (χ0) is 32.8. The molecule has 5 rings (SSSR count). The molecule has 0 radical (unpaired) electrons. The summed E-state index contributed by atoms with van der Waals surface area (Å²) in [5, 5.41) is 13.8. The number of benzene rings is 2. The summed E-state index contributed by atoms with van der Waals surface area (Å²) in [6.07, 6.45) is 3.40. The predicted molar refractivity (Wildman–Crippen MR) is 183 cm³/mol. The third kappa shape index (κ3) is 8.08. The molecule has 0 aliphatic rings. The first-order valence-corrected chi connectivity index (χ1v) is 16.6. The molecule has 1 amide bonds. The standard InChI is InChI=1S/C36H38ClN3O5S/c1-23(2)8-13-35(41)40(31-11-10-28(19-29(31)37)45-24(3)4)20-30-32(39-15-6-5-7-34(39)38-30)18-27-17-25(26-14-16-46-22-26)9-12-33(27)44-21-36(42)43/h5-7,9-12,14-17,19,22-24H,8,13,18,20-21H2,1-4H3,(H,42,43). The molecule has 2 aromatic carbocycles. The van der Waals surface area contributed by atoms with E-state index < -0.39 is 12.6 Å². The fourth-order valence-electron chi connectivity index (χ4n) is 5.25. The summed E-state index contributed by atoms with van der Waals surface area (Å²) < 4.78 is 13.6. The van der Waals surface area contributed by atoms with Gasteiger partial charge in [-0.2, -0.15) is 11.3 Å². The van der Waals surface area contributed by atoms with Crippen molar-refractivity contribution in [3.63, 3.8) is 0 Å². The number of carbonyl (C=O) groups is 2. The average Bonchev–Trinajstić information content (AvgIpc) is 3.67. The summed E-state index contributed by atoms with van der Waals surface area (Å²) in [4.78, 5) is 32.0. The number of thiophene rings is 1. The molecule has 0 fully saturated rings. The molecule has 0 saturated carbocycles. The number of carbonyl (C=O) groups excluding carboxylic acids is 1. The van der Waals surface area contributed by atoms with Gasteiger partial charge in [-0.15, -0.1) is 0 Å². The van der Waals surface area contributed by atoms with Crippen LogP contribution < -0.4 is 14.4 Å². The first-order valence-electron chi connectivity index (χ1n) is 15.3. The normalized spacial score (nSPS) is 11.4. The number of amides is 1. The second kappa shape index (κ2) is 14.8. The third-order valence-electron chi connectivity index (χ3n) is 7.46. The Bertz CT molecular complexity index is 1820. The van der Waals surface area contributed by atoms with E-state index in [-0.39, 0.29) is 18.6 Å². The number of halogens is 1. The van der Waals surface area contributed by atoms with Gasteiger partial charge < -0.3 is 23.9 Å². The molecule has 1 N–H and O–H groups in total. The molecule has 0 atom stereocenters. The maximum Gasteiger partial charge on any atom is 0.341 e. The first kappa shape index (κ1) is 33.0. The van der Waals surface area contributed by atoms with Gasteiger partial charge in [0.1, 0.15) is 17.1 Å². The second-order valence-electron chi connectivity index (χ2n) is 11.8. The molecular weight excluding hydrogens is 622 g/mol. The van der Waals surface area contributed by atoms with Crippen molar-refractivity contribution >= 4 is 46.1 Å². The number of nitrogens with zero attached hydrogens (tertiary/aromatic N) is 3. The van der Waals surface area contributed by atoms with Gasteiger partial charge in [0.05, 0.1) is 34.7 Å². The highest BCUT2D eigenvalue weighted by Crippen LogP contribution is 2.34. The quantitative estimate of drug-likeness (QED) is 0.128. The SMILES string of the molecule is CC(C)CCC(=O)N(Cc1nc2ccccn2c1Cc1cc(-c2ccsc2)ccc1OCC(=O)O)c1ccc(OC(C)C)cc1Cl. The minimum Gasteiger partial charge on any atom is -0.491 e. The lowest BCUT2D eigenvalue weighted by atomic mass is 10.0. The summed E-state index contributed by atoms with van der Waals surface area (Å²) in [6.45, 7) is 7.81. The van der Waals surface area contributed by atoms with Crippen LogP contribution in [0.25, 0.3) is 16.8 Å². The Balaban J connectivity index is 1.58. The number of imidazole rings is 1. The van der Waals surface area contributed by atoms with Crippen molar-refractivity contribution in [1.29, 1.82) is 0 Å². The highest BCUT2D eigenvalue weighted by Gasteiger charge is 2.24. The summed E-state index contributed by atoms with van der Waals surface area (Å²) in [5.41, 5.74) is 5.74. The van der Waals surface area contributed by atoms with Gasteiger partial charge >= 0.3 is 5.97 Å². The van der Waals surface area contributed by atoms with Gasteiger partial charge in [0, 0.05) is 30.7 Å². The number of aliphatic carboxylic acids is 1. The lowest BCUT2D eigenvalue weighted by Crippen LogP contribution is -2.31. The molecule has 0 bridgehead atoms. The van der Waals surface area contributed by atoms with E-state index in [2.05, 4.69) is 19.2 Å². The number of anilines is 1. The van der Waals surface area contributed by atoms with E-state index in [0.29, 0.717) is 46.7 Å². The van der Waals surface area contributed by atoms with Crippen LogP contribution in [0.4, 0.5) is 5.69 Å². The van der Waals surface area contributed by atoms with Crippen molar-refractivity contribution in [2.24, 2.45) is 5.92 Å². The first-order chi connectivity index (χ1) is 22.1. The topological polar surface area (TPSA) is 93.4 Å². The number of rotatable bonds is 14. The predicted octanol–water partition coefficient (Wildman–Crippen LogP) is 8.53. The smallest absolute Gasteiger partial charge is 0.341 e. The van der Waals surface area contributed by atoms with Gasteiger partial charge in [-0.1, -0.05) is 37.6 Å². The minimum absolute atomic E-state index is 0.0196. The number of ether oxygens (including phenoxy) is 2. The van der Waals surface area contributed by atoms with Crippen LogP contribution in [0.1, 0.15) is 57.5 Å². The second-order valence-corrected chi connectivity index (χ2v) is 13.0. The number of aromatic nitrogens is 2. The van der Waals surface area contributed by atoms with E-state index in [1.54, 1.807) is 22.3 Å². The van der Waals surface area contributed by atoms with Crippen LogP contribution in [0, 0.1) is 5.92 Å². The zero-order valence-corrected chi connectivity index (χ0v) is 28.0. The van der Waals surface area contributed by atoms with E-state index in [1.165, 1.54) is 0 Å². The van der Waals surface area contributed by atoms with E-state index in [4.69, 9.17) is 26.1 Å². The number of hydrogen-bond donors (Lipinski definition) is 1. The molecule has 46 heavy (non-hydrogen) atoms. The van der Waals surface area contributed by atoms with Crippen LogP contribution in [0.3, 0.4) is 0 Å². The van der Waals surface area contributed by atoms with Crippen LogP contribution in [-0.2, 0) is 22.6 Å². The van der Waals surface area contributed by atoms with Gasteiger partial charge in [0.2, 0.25) is 5.91 Å².